The molecule has 0 fully saturated rings. The average molecular weight is 486 g/mol. The predicted molar refractivity (Wildman–Crippen MR) is 112 cm³/mol. The second-order valence-electron chi connectivity index (χ2n) is 6.02. The number of ether oxygens (including phenoxy) is 3. The van der Waals surface area contributed by atoms with Gasteiger partial charge < -0.3 is 14.2 Å². The first-order valence-corrected chi connectivity index (χ1v) is 11.3. The lowest BCUT2D eigenvalue weighted by Gasteiger charge is -2.18. The van der Waals surface area contributed by atoms with Crippen LogP contribution in [0.15, 0.2) is 57.9 Å². The standard InChI is InChI=1S/C20H24BrNO6S/c1-3-27-12-13-28-17-8-10-18(11-9-17)29(24,25)22-19(14-20(23)26-2)15-4-6-16(21)7-5-15/h4-11,19,22H,3,12-14H2,1-2H3. The molecule has 0 aliphatic carbocycles. The minimum Gasteiger partial charge on any atom is -0.491 e. The first-order chi connectivity index (χ1) is 13.9. The first-order valence-electron chi connectivity index (χ1n) is 9.01. The monoisotopic (exact) mass is 485 g/mol. The highest BCUT2D eigenvalue weighted by Crippen LogP contribution is 2.24. The van der Waals surface area contributed by atoms with Gasteiger partial charge in [-0.25, -0.2) is 13.1 Å². The van der Waals surface area contributed by atoms with E-state index in [4.69, 9.17) is 14.2 Å². The third-order valence-corrected chi connectivity index (χ3v) is 6.02. The lowest BCUT2D eigenvalue weighted by atomic mass is 10.1. The van der Waals surface area contributed by atoms with Crippen molar-refractivity contribution in [1.82, 2.24) is 4.72 Å². The van der Waals surface area contributed by atoms with Crippen molar-refractivity contribution in [2.45, 2.75) is 24.3 Å². The van der Waals surface area contributed by atoms with Gasteiger partial charge in [0.25, 0.3) is 0 Å². The zero-order valence-electron chi connectivity index (χ0n) is 16.3. The molecule has 0 spiro atoms. The van der Waals surface area contributed by atoms with E-state index in [1.807, 2.05) is 6.92 Å². The maximum absolute atomic E-state index is 12.8. The van der Waals surface area contributed by atoms with Crippen LogP contribution in [-0.4, -0.2) is 41.3 Å². The average Bonchev–Trinajstić information content (AvgIpc) is 2.71. The molecule has 0 heterocycles. The van der Waals surface area contributed by atoms with Crippen LogP contribution in [0.2, 0.25) is 0 Å². The summed E-state index contributed by atoms with van der Waals surface area (Å²) >= 11 is 3.34. The number of rotatable bonds is 11. The van der Waals surface area contributed by atoms with Gasteiger partial charge in [0.1, 0.15) is 12.4 Å². The van der Waals surface area contributed by atoms with Crippen LogP contribution < -0.4 is 9.46 Å². The van der Waals surface area contributed by atoms with Crippen LogP contribution in [-0.2, 0) is 24.3 Å². The molecule has 0 saturated carbocycles. The number of hydrogen-bond acceptors (Lipinski definition) is 6. The van der Waals surface area contributed by atoms with Crippen molar-refractivity contribution >= 4 is 31.9 Å². The van der Waals surface area contributed by atoms with Crippen LogP contribution in [0.25, 0.3) is 0 Å². The van der Waals surface area contributed by atoms with Gasteiger partial charge in [-0.15, -0.1) is 0 Å². The fourth-order valence-electron chi connectivity index (χ4n) is 2.51. The van der Waals surface area contributed by atoms with Crippen LogP contribution in [0.1, 0.15) is 24.9 Å². The highest BCUT2D eigenvalue weighted by atomic mass is 79.9. The third kappa shape index (κ3) is 7.43. The molecule has 2 rings (SSSR count). The quantitative estimate of drug-likeness (QED) is 0.387. The molecule has 2 aromatic carbocycles. The Morgan fingerprint density at radius 1 is 1.07 bits per heavy atom. The summed E-state index contributed by atoms with van der Waals surface area (Å²) in [4.78, 5) is 11.9. The largest absolute Gasteiger partial charge is 0.491 e. The molecule has 0 saturated heterocycles. The number of benzene rings is 2. The number of nitrogens with one attached hydrogen (secondary N) is 1. The molecular weight excluding hydrogens is 462 g/mol. The molecule has 2 aromatic rings. The van der Waals surface area contributed by atoms with Crippen LogP contribution >= 0.6 is 15.9 Å². The summed E-state index contributed by atoms with van der Waals surface area (Å²) in [5.74, 6) is 0.0290. The Hall–Kier alpha value is -1.94. The van der Waals surface area contributed by atoms with Gasteiger partial charge in [-0.2, -0.15) is 0 Å². The van der Waals surface area contributed by atoms with E-state index >= 15 is 0 Å². The summed E-state index contributed by atoms with van der Waals surface area (Å²) in [5, 5.41) is 0. The topological polar surface area (TPSA) is 90.9 Å². The Morgan fingerprint density at radius 2 is 1.72 bits per heavy atom. The number of carbonyl (C=O) groups is 1. The molecule has 7 nitrogen and oxygen atoms in total. The van der Waals surface area contributed by atoms with E-state index in [0.717, 1.165) is 4.47 Å². The number of methoxy groups -OCH3 is 1. The van der Waals surface area contributed by atoms with Crippen LogP contribution in [0.3, 0.4) is 0 Å². The van der Waals surface area contributed by atoms with E-state index in [1.54, 1.807) is 36.4 Å². The van der Waals surface area contributed by atoms with E-state index in [1.165, 1.54) is 19.2 Å². The van der Waals surface area contributed by atoms with Gasteiger partial charge in [-0.1, -0.05) is 28.1 Å². The fourth-order valence-corrected chi connectivity index (χ4v) is 3.99. The summed E-state index contributed by atoms with van der Waals surface area (Å²) in [6.07, 6.45) is -0.129. The van der Waals surface area contributed by atoms with Crippen molar-refractivity contribution in [3.8, 4) is 5.75 Å². The van der Waals surface area contributed by atoms with Gasteiger partial charge in [0.15, 0.2) is 0 Å². The van der Waals surface area contributed by atoms with Gasteiger partial charge in [0, 0.05) is 11.1 Å². The van der Waals surface area contributed by atoms with Gasteiger partial charge in [0.2, 0.25) is 10.0 Å². The fraction of sp³-hybridized carbons (Fsp3) is 0.350. The summed E-state index contributed by atoms with van der Waals surface area (Å²) in [5.41, 5.74) is 0.651. The minimum absolute atomic E-state index is 0.0710. The maximum atomic E-state index is 12.8. The van der Waals surface area contributed by atoms with Crippen molar-refractivity contribution in [2.75, 3.05) is 26.9 Å². The molecule has 0 aromatic heterocycles. The number of sulfonamides is 1. The normalized spacial score (nSPS) is 12.4. The summed E-state index contributed by atoms with van der Waals surface area (Å²) in [6.45, 7) is 3.34. The van der Waals surface area contributed by atoms with E-state index in [2.05, 4.69) is 20.7 Å². The molecule has 158 valence electrons. The first kappa shape index (κ1) is 23.3. The van der Waals surface area contributed by atoms with Crippen LogP contribution in [0, 0.1) is 0 Å². The molecule has 0 radical (unpaired) electrons. The molecule has 0 aliphatic heterocycles. The predicted octanol–water partition coefficient (Wildman–Crippen LogP) is 3.45. The molecule has 9 heteroatoms. The zero-order chi connectivity index (χ0) is 21.3. The minimum atomic E-state index is -3.87. The maximum Gasteiger partial charge on any atom is 0.307 e. The Labute approximate surface area is 179 Å². The Kier molecular flexibility index (Phi) is 9.09. The van der Waals surface area contributed by atoms with E-state index in [0.29, 0.717) is 31.1 Å². The van der Waals surface area contributed by atoms with E-state index in [-0.39, 0.29) is 11.3 Å². The molecule has 1 atom stereocenters. The molecule has 0 aliphatic rings. The SMILES string of the molecule is CCOCCOc1ccc(S(=O)(=O)NC(CC(=O)OC)c2ccc(Br)cc2)cc1. The van der Waals surface area contributed by atoms with Crippen LogP contribution in [0.4, 0.5) is 0 Å². The van der Waals surface area contributed by atoms with Crippen molar-refractivity contribution in [3.63, 3.8) is 0 Å². The molecule has 0 bridgehead atoms. The number of esters is 1. The number of hydrogen-bond donors (Lipinski definition) is 1. The van der Waals surface area contributed by atoms with Gasteiger partial charge >= 0.3 is 5.97 Å². The Morgan fingerprint density at radius 3 is 2.31 bits per heavy atom. The van der Waals surface area contributed by atoms with E-state index < -0.39 is 22.0 Å². The van der Waals surface area contributed by atoms with Crippen molar-refractivity contribution in [3.05, 3.63) is 58.6 Å². The Bertz CT molecular complexity index is 884. The molecule has 1 unspecified atom stereocenters. The number of halogens is 1. The summed E-state index contributed by atoms with van der Waals surface area (Å²) in [6, 6.07) is 12.4. The Balaban J connectivity index is 2.14. The molecule has 1 N–H and O–H groups in total. The molecule has 0 amide bonds. The lowest BCUT2D eigenvalue weighted by molar-refractivity contribution is -0.141. The molecule has 29 heavy (non-hydrogen) atoms. The second kappa shape index (κ2) is 11.3. The second-order valence-corrected chi connectivity index (χ2v) is 8.65. The van der Waals surface area contributed by atoms with Crippen molar-refractivity contribution in [1.29, 1.82) is 0 Å². The summed E-state index contributed by atoms with van der Waals surface area (Å²) in [7, 11) is -2.60. The summed E-state index contributed by atoms with van der Waals surface area (Å²) < 4.78 is 44.5. The van der Waals surface area contributed by atoms with Crippen molar-refractivity contribution in [2.24, 2.45) is 0 Å². The zero-order valence-corrected chi connectivity index (χ0v) is 18.7. The lowest BCUT2D eigenvalue weighted by Crippen LogP contribution is -2.30. The van der Waals surface area contributed by atoms with Gasteiger partial charge in [-0.05, 0) is 48.9 Å². The van der Waals surface area contributed by atoms with Gasteiger partial charge in [0.05, 0.1) is 31.1 Å². The third-order valence-electron chi connectivity index (χ3n) is 4.00. The molecular formula is C20H24BrNO6S. The van der Waals surface area contributed by atoms with Gasteiger partial charge in [-0.3, -0.25) is 4.79 Å². The highest BCUT2D eigenvalue weighted by Gasteiger charge is 2.24. The van der Waals surface area contributed by atoms with E-state index in [9.17, 15) is 13.2 Å². The van der Waals surface area contributed by atoms with Crippen LogP contribution in [0.5, 0.6) is 5.75 Å². The highest BCUT2D eigenvalue weighted by molar-refractivity contribution is 9.10. The smallest absolute Gasteiger partial charge is 0.307 e. The number of carbonyl (C=O) groups excluding carboxylic acids is 1. The van der Waals surface area contributed by atoms with Crippen molar-refractivity contribution < 1.29 is 27.4 Å².